The van der Waals surface area contributed by atoms with Gasteiger partial charge in [-0.05, 0) is 42.1 Å². The Hall–Kier alpha value is -2.16. The van der Waals surface area contributed by atoms with E-state index in [1.54, 1.807) is 37.4 Å². The summed E-state index contributed by atoms with van der Waals surface area (Å²) in [7, 11) is -2.08. The number of hydrogen-bond acceptors (Lipinski definition) is 5. The SMILES string of the molecule is CCc1ccc(S(=O)(=O)NCc2cc3ccc(OC)cc3[nH]c2=O)s1. The molecule has 0 aliphatic carbocycles. The van der Waals surface area contributed by atoms with Gasteiger partial charge < -0.3 is 9.72 Å². The second kappa shape index (κ2) is 6.99. The minimum Gasteiger partial charge on any atom is -0.497 e. The quantitative estimate of drug-likeness (QED) is 0.690. The molecule has 3 aromatic rings. The van der Waals surface area contributed by atoms with Gasteiger partial charge in [0.05, 0.1) is 12.6 Å². The lowest BCUT2D eigenvalue weighted by atomic mass is 10.1. The molecule has 0 spiro atoms. The highest BCUT2D eigenvalue weighted by Gasteiger charge is 2.17. The zero-order chi connectivity index (χ0) is 18.0. The van der Waals surface area contributed by atoms with Crippen LogP contribution < -0.4 is 15.0 Å². The van der Waals surface area contributed by atoms with Crippen LogP contribution in [0.4, 0.5) is 0 Å². The fourth-order valence-corrected chi connectivity index (χ4v) is 4.77. The zero-order valence-corrected chi connectivity index (χ0v) is 15.5. The average Bonchev–Trinajstić information content (AvgIpc) is 3.09. The third kappa shape index (κ3) is 3.76. The van der Waals surface area contributed by atoms with Gasteiger partial charge in [0.1, 0.15) is 9.96 Å². The highest BCUT2D eigenvalue weighted by Crippen LogP contribution is 2.22. The Bertz CT molecular complexity index is 1070. The molecule has 0 atom stereocenters. The minimum absolute atomic E-state index is 0.0704. The average molecular weight is 378 g/mol. The first-order valence-electron chi connectivity index (χ1n) is 7.71. The number of aryl methyl sites for hydroxylation is 1. The van der Waals surface area contributed by atoms with E-state index in [0.29, 0.717) is 16.8 Å². The lowest BCUT2D eigenvalue weighted by Crippen LogP contribution is -2.26. The van der Waals surface area contributed by atoms with Crippen LogP contribution in [0, 0.1) is 0 Å². The zero-order valence-electron chi connectivity index (χ0n) is 13.8. The molecule has 0 fully saturated rings. The molecule has 0 amide bonds. The van der Waals surface area contributed by atoms with Gasteiger partial charge in [0.25, 0.3) is 5.56 Å². The molecule has 25 heavy (non-hydrogen) atoms. The first-order chi connectivity index (χ1) is 11.9. The summed E-state index contributed by atoms with van der Waals surface area (Å²) in [5.74, 6) is 0.640. The molecule has 0 saturated heterocycles. The van der Waals surface area contributed by atoms with Gasteiger partial charge >= 0.3 is 0 Å². The maximum absolute atomic E-state index is 12.4. The maximum Gasteiger partial charge on any atom is 0.252 e. The number of pyridine rings is 1. The van der Waals surface area contributed by atoms with Crippen molar-refractivity contribution in [2.45, 2.75) is 24.1 Å². The largest absolute Gasteiger partial charge is 0.497 e. The van der Waals surface area contributed by atoms with E-state index in [1.165, 1.54) is 11.3 Å². The van der Waals surface area contributed by atoms with E-state index in [4.69, 9.17) is 4.74 Å². The van der Waals surface area contributed by atoms with Crippen LogP contribution in [0.3, 0.4) is 0 Å². The Balaban J connectivity index is 1.85. The number of H-pyrrole nitrogens is 1. The standard InChI is InChI=1S/C17H18N2O4S2/c1-3-14-6-7-16(24-14)25(21,22)18-10-12-8-11-4-5-13(23-2)9-15(11)19-17(12)20/h4-9,18H,3,10H2,1-2H3,(H,19,20). The number of rotatable bonds is 6. The molecule has 132 valence electrons. The van der Waals surface area contributed by atoms with E-state index >= 15 is 0 Å². The van der Waals surface area contributed by atoms with Gasteiger partial charge in [-0.15, -0.1) is 11.3 Å². The van der Waals surface area contributed by atoms with Crippen LogP contribution in [-0.2, 0) is 23.0 Å². The Kier molecular flexibility index (Phi) is 4.94. The van der Waals surface area contributed by atoms with Crippen molar-refractivity contribution in [2.75, 3.05) is 7.11 Å². The number of hydrogen-bond donors (Lipinski definition) is 2. The van der Waals surface area contributed by atoms with Gasteiger partial charge in [-0.25, -0.2) is 13.1 Å². The number of fused-ring (bicyclic) bond motifs is 1. The van der Waals surface area contributed by atoms with Gasteiger partial charge in [0, 0.05) is 23.1 Å². The minimum atomic E-state index is -3.63. The van der Waals surface area contributed by atoms with Crippen LogP contribution in [0.2, 0.25) is 0 Å². The molecule has 1 aromatic carbocycles. The van der Waals surface area contributed by atoms with Crippen LogP contribution in [0.25, 0.3) is 10.9 Å². The van der Waals surface area contributed by atoms with Crippen LogP contribution in [-0.4, -0.2) is 20.5 Å². The first-order valence-corrected chi connectivity index (χ1v) is 10.0. The molecule has 0 bridgehead atoms. The molecule has 0 unspecified atom stereocenters. The van der Waals surface area contributed by atoms with E-state index in [-0.39, 0.29) is 16.3 Å². The molecule has 2 aromatic heterocycles. The molecular weight excluding hydrogens is 360 g/mol. The lowest BCUT2D eigenvalue weighted by molar-refractivity contribution is 0.415. The Morgan fingerprint density at radius 1 is 1.20 bits per heavy atom. The Morgan fingerprint density at radius 3 is 2.68 bits per heavy atom. The fourth-order valence-electron chi connectivity index (χ4n) is 2.42. The lowest BCUT2D eigenvalue weighted by Gasteiger charge is -2.07. The number of sulfonamides is 1. The van der Waals surface area contributed by atoms with Gasteiger partial charge in [-0.3, -0.25) is 4.79 Å². The summed E-state index contributed by atoms with van der Waals surface area (Å²) in [6, 6.07) is 10.4. The molecule has 0 saturated carbocycles. The molecule has 6 nitrogen and oxygen atoms in total. The Labute approximate surface area is 149 Å². The molecule has 8 heteroatoms. The van der Waals surface area contributed by atoms with Crippen molar-refractivity contribution in [1.29, 1.82) is 0 Å². The number of benzene rings is 1. The summed E-state index contributed by atoms with van der Waals surface area (Å²) >= 11 is 1.24. The third-order valence-electron chi connectivity index (χ3n) is 3.83. The van der Waals surface area contributed by atoms with Crippen molar-refractivity contribution in [3.05, 3.63) is 57.2 Å². The monoisotopic (exact) mass is 378 g/mol. The molecule has 2 heterocycles. The number of aromatic nitrogens is 1. The smallest absolute Gasteiger partial charge is 0.252 e. The predicted molar refractivity (Wildman–Crippen MR) is 98.8 cm³/mol. The van der Waals surface area contributed by atoms with Crippen molar-refractivity contribution in [2.24, 2.45) is 0 Å². The van der Waals surface area contributed by atoms with Crippen LogP contribution in [0.5, 0.6) is 5.75 Å². The van der Waals surface area contributed by atoms with E-state index < -0.39 is 10.0 Å². The highest BCUT2D eigenvalue weighted by molar-refractivity contribution is 7.91. The molecule has 2 N–H and O–H groups in total. The number of aromatic amines is 1. The summed E-state index contributed by atoms with van der Waals surface area (Å²) < 4.78 is 32.6. The molecule has 0 aliphatic rings. The van der Waals surface area contributed by atoms with E-state index in [0.717, 1.165) is 16.7 Å². The molecule has 0 radical (unpaired) electrons. The van der Waals surface area contributed by atoms with Crippen LogP contribution in [0.1, 0.15) is 17.4 Å². The van der Waals surface area contributed by atoms with Crippen molar-refractivity contribution in [3.8, 4) is 5.75 Å². The van der Waals surface area contributed by atoms with E-state index in [2.05, 4.69) is 9.71 Å². The number of nitrogens with one attached hydrogen (secondary N) is 2. The second-order valence-corrected chi connectivity index (χ2v) is 8.64. The van der Waals surface area contributed by atoms with Crippen LogP contribution >= 0.6 is 11.3 Å². The summed E-state index contributed by atoms with van der Waals surface area (Å²) in [6.07, 6.45) is 0.786. The predicted octanol–water partition coefficient (Wildman–Crippen LogP) is 2.64. The van der Waals surface area contributed by atoms with E-state index in [9.17, 15) is 13.2 Å². The van der Waals surface area contributed by atoms with Gasteiger partial charge in [0.15, 0.2) is 0 Å². The molecule has 0 aliphatic heterocycles. The van der Waals surface area contributed by atoms with Crippen LogP contribution in [0.15, 0.2) is 45.4 Å². The summed E-state index contributed by atoms with van der Waals surface area (Å²) in [5.41, 5.74) is 0.666. The molecular formula is C17H18N2O4S2. The number of ether oxygens (including phenoxy) is 1. The number of methoxy groups -OCH3 is 1. The maximum atomic E-state index is 12.4. The van der Waals surface area contributed by atoms with Gasteiger partial charge in [0.2, 0.25) is 10.0 Å². The second-order valence-electron chi connectivity index (χ2n) is 5.48. The molecule has 3 rings (SSSR count). The normalized spacial score (nSPS) is 11.8. The van der Waals surface area contributed by atoms with Gasteiger partial charge in [-0.2, -0.15) is 0 Å². The third-order valence-corrected chi connectivity index (χ3v) is 6.96. The summed E-state index contributed by atoms with van der Waals surface area (Å²) in [4.78, 5) is 16.0. The summed E-state index contributed by atoms with van der Waals surface area (Å²) in [6.45, 7) is 1.90. The van der Waals surface area contributed by atoms with Crippen molar-refractivity contribution in [1.82, 2.24) is 9.71 Å². The fraction of sp³-hybridized carbons (Fsp3) is 0.235. The van der Waals surface area contributed by atoms with Crippen molar-refractivity contribution in [3.63, 3.8) is 0 Å². The van der Waals surface area contributed by atoms with Gasteiger partial charge in [-0.1, -0.05) is 6.92 Å². The number of thiophene rings is 1. The van der Waals surface area contributed by atoms with E-state index in [1.807, 2.05) is 13.0 Å². The summed E-state index contributed by atoms with van der Waals surface area (Å²) in [5, 5.41) is 0.805. The first kappa shape index (κ1) is 17.7. The van der Waals surface area contributed by atoms with Crippen molar-refractivity contribution >= 4 is 32.3 Å². The van der Waals surface area contributed by atoms with Crippen molar-refractivity contribution < 1.29 is 13.2 Å². The topological polar surface area (TPSA) is 88.3 Å². The Morgan fingerprint density at radius 2 is 2.00 bits per heavy atom. The highest BCUT2D eigenvalue weighted by atomic mass is 32.2.